The van der Waals surface area contributed by atoms with Gasteiger partial charge in [0.15, 0.2) is 0 Å². The zero-order chi connectivity index (χ0) is 14.8. The Morgan fingerprint density at radius 2 is 1.89 bits per heavy atom. The van der Waals surface area contributed by atoms with Crippen LogP contribution in [0.25, 0.3) is 0 Å². The number of anilines is 1. The Kier molecular flexibility index (Phi) is 4.56. The number of nitrogens with zero attached hydrogens (tertiary/aromatic N) is 2. The van der Waals surface area contributed by atoms with Crippen LogP contribution in [0.1, 0.15) is 23.1 Å². The van der Waals surface area contributed by atoms with E-state index in [1.54, 1.807) is 19.9 Å². The molecule has 6 heteroatoms. The second-order valence-electron chi connectivity index (χ2n) is 4.61. The number of hydrogen-bond acceptors (Lipinski definition) is 4. The molecule has 1 aromatic carbocycles. The van der Waals surface area contributed by atoms with E-state index in [0.717, 1.165) is 5.56 Å². The van der Waals surface area contributed by atoms with Gasteiger partial charge in [-0.25, -0.2) is 8.42 Å². The predicted molar refractivity (Wildman–Crippen MR) is 75.1 cm³/mol. The highest BCUT2D eigenvalue weighted by molar-refractivity contribution is 7.89. The van der Waals surface area contributed by atoms with Crippen molar-refractivity contribution in [1.82, 2.24) is 4.31 Å². The topological polar surface area (TPSA) is 87.2 Å². The van der Waals surface area contributed by atoms with Crippen LogP contribution in [0.5, 0.6) is 0 Å². The van der Waals surface area contributed by atoms with Crippen LogP contribution < -0.4 is 5.73 Å². The van der Waals surface area contributed by atoms with Gasteiger partial charge in [0.1, 0.15) is 0 Å². The molecule has 5 nitrogen and oxygen atoms in total. The average molecular weight is 281 g/mol. The van der Waals surface area contributed by atoms with Crippen molar-refractivity contribution < 1.29 is 8.42 Å². The lowest BCUT2D eigenvalue weighted by molar-refractivity contribution is 0.475. The van der Waals surface area contributed by atoms with Gasteiger partial charge < -0.3 is 5.73 Å². The van der Waals surface area contributed by atoms with E-state index in [1.165, 1.54) is 11.4 Å². The van der Waals surface area contributed by atoms with Gasteiger partial charge in [-0.15, -0.1) is 0 Å². The maximum Gasteiger partial charge on any atom is 0.243 e. The van der Waals surface area contributed by atoms with Crippen LogP contribution in [0.15, 0.2) is 11.0 Å². The summed E-state index contributed by atoms with van der Waals surface area (Å²) in [6, 6.07) is 3.71. The summed E-state index contributed by atoms with van der Waals surface area (Å²) >= 11 is 0. The number of nitrogens with two attached hydrogens (primary N) is 1. The molecule has 0 bridgehead atoms. The number of sulfonamides is 1. The summed E-state index contributed by atoms with van der Waals surface area (Å²) in [6.45, 7) is 5.49. The van der Waals surface area contributed by atoms with Crippen LogP contribution in [0.2, 0.25) is 0 Å². The van der Waals surface area contributed by atoms with Crippen molar-refractivity contribution in [3.8, 4) is 6.07 Å². The lowest BCUT2D eigenvalue weighted by Crippen LogP contribution is -2.29. The molecule has 0 aromatic heterocycles. The van der Waals surface area contributed by atoms with Crippen molar-refractivity contribution in [2.45, 2.75) is 32.1 Å². The lowest BCUT2D eigenvalue weighted by Gasteiger charge is -2.20. The Hall–Kier alpha value is -1.58. The molecule has 104 valence electrons. The van der Waals surface area contributed by atoms with Crippen LogP contribution in [0, 0.1) is 32.1 Å². The minimum absolute atomic E-state index is 0.162. The van der Waals surface area contributed by atoms with Gasteiger partial charge in [-0.3, -0.25) is 0 Å². The Bertz CT molecular complexity index is 630. The second-order valence-corrected chi connectivity index (χ2v) is 6.59. The van der Waals surface area contributed by atoms with E-state index in [2.05, 4.69) is 0 Å². The Morgan fingerprint density at radius 1 is 1.32 bits per heavy atom. The third-order valence-corrected chi connectivity index (χ3v) is 5.31. The van der Waals surface area contributed by atoms with Crippen molar-refractivity contribution >= 4 is 15.7 Å². The molecule has 0 aliphatic heterocycles. The van der Waals surface area contributed by atoms with Crippen LogP contribution in [0.4, 0.5) is 5.69 Å². The first kappa shape index (κ1) is 15.5. The van der Waals surface area contributed by atoms with E-state index in [0.29, 0.717) is 16.8 Å². The van der Waals surface area contributed by atoms with Crippen LogP contribution >= 0.6 is 0 Å². The normalized spacial score (nSPS) is 11.6. The highest BCUT2D eigenvalue weighted by atomic mass is 32.2. The number of nitrogen functional groups attached to an aromatic ring is 1. The Morgan fingerprint density at radius 3 is 2.42 bits per heavy atom. The summed E-state index contributed by atoms with van der Waals surface area (Å²) in [5.41, 5.74) is 8.53. The quantitative estimate of drug-likeness (QED) is 0.851. The molecule has 1 aromatic rings. The van der Waals surface area contributed by atoms with E-state index in [4.69, 9.17) is 11.0 Å². The second kappa shape index (κ2) is 5.59. The molecule has 0 heterocycles. The molecule has 0 saturated heterocycles. The predicted octanol–water partition coefficient (Wildman–Crippen LogP) is 1.73. The van der Waals surface area contributed by atoms with Crippen molar-refractivity contribution in [2.24, 2.45) is 0 Å². The van der Waals surface area contributed by atoms with Gasteiger partial charge in [-0.1, -0.05) is 6.07 Å². The largest absolute Gasteiger partial charge is 0.398 e. The third kappa shape index (κ3) is 2.88. The molecule has 0 fully saturated rings. The standard InChI is InChI=1S/C13H19N3O2S/c1-9-8-10(2)13(11(3)12(9)15)19(17,18)16(4)7-5-6-14/h8H,5,7,15H2,1-4H3. The first-order chi connectivity index (χ1) is 8.73. The summed E-state index contributed by atoms with van der Waals surface area (Å²) in [4.78, 5) is 0.246. The fraction of sp³-hybridized carbons (Fsp3) is 0.462. The number of aryl methyl sites for hydroxylation is 2. The summed E-state index contributed by atoms with van der Waals surface area (Å²) < 4.78 is 26.2. The SMILES string of the molecule is Cc1cc(C)c(S(=O)(=O)N(C)CCC#N)c(C)c1N. The summed E-state index contributed by atoms with van der Waals surface area (Å²) in [7, 11) is -2.14. The van der Waals surface area contributed by atoms with Crippen LogP contribution in [0.3, 0.4) is 0 Å². The first-order valence-corrected chi connectivity index (χ1v) is 7.37. The average Bonchev–Trinajstić information content (AvgIpc) is 2.32. The summed E-state index contributed by atoms with van der Waals surface area (Å²) in [5, 5.41) is 8.55. The maximum atomic E-state index is 12.5. The monoisotopic (exact) mass is 281 g/mol. The molecule has 0 spiro atoms. The van der Waals surface area contributed by atoms with Crippen molar-refractivity contribution in [3.05, 3.63) is 22.8 Å². The molecular formula is C13H19N3O2S. The van der Waals surface area contributed by atoms with E-state index in [1.807, 2.05) is 13.0 Å². The van der Waals surface area contributed by atoms with Gasteiger partial charge in [0, 0.05) is 25.7 Å². The van der Waals surface area contributed by atoms with E-state index < -0.39 is 10.0 Å². The number of nitriles is 1. The fourth-order valence-corrected chi connectivity index (χ4v) is 3.67. The summed E-state index contributed by atoms with van der Waals surface area (Å²) in [6.07, 6.45) is 0.162. The Labute approximate surface area is 114 Å². The van der Waals surface area contributed by atoms with Crippen LogP contribution in [-0.2, 0) is 10.0 Å². The zero-order valence-corrected chi connectivity index (χ0v) is 12.5. The van der Waals surface area contributed by atoms with E-state index in [-0.39, 0.29) is 17.9 Å². The zero-order valence-electron chi connectivity index (χ0n) is 11.7. The molecule has 0 saturated carbocycles. The highest BCUT2D eigenvalue weighted by Crippen LogP contribution is 2.29. The van der Waals surface area contributed by atoms with Crippen molar-refractivity contribution in [2.75, 3.05) is 19.3 Å². The Balaban J connectivity index is 3.38. The molecule has 0 amide bonds. The summed E-state index contributed by atoms with van der Waals surface area (Å²) in [5.74, 6) is 0. The number of rotatable bonds is 4. The maximum absolute atomic E-state index is 12.5. The van der Waals surface area contributed by atoms with Gasteiger partial charge >= 0.3 is 0 Å². The smallest absolute Gasteiger partial charge is 0.243 e. The third-order valence-electron chi connectivity index (χ3n) is 3.17. The molecule has 2 N–H and O–H groups in total. The lowest BCUT2D eigenvalue weighted by atomic mass is 10.1. The molecule has 0 aliphatic carbocycles. The highest BCUT2D eigenvalue weighted by Gasteiger charge is 2.26. The van der Waals surface area contributed by atoms with Gasteiger partial charge in [-0.05, 0) is 37.5 Å². The van der Waals surface area contributed by atoms with E-state index >= 15 is 0 Å². The van der Waals surface area contributed by atoms with E-state index in [9.17, 15) is 8.42 Å². The molecule has 0 radical (unpaired) electrons. The molecule has 0 atom stereocenters. The minimum atomic E-state index is -3.61. The van der Waals surface area contributed by atoms with Gasteiger partial charge in [0.2, 0.25) is 10.0 Å². The van der Waals surface area contributed by atoms with Gasteiger partial charge in [-0.2, -0.15) is 9.57 Å². The number of benzene rings is 1. The van der Waals surface area contributed by atoms with Crippen molar-refractivity contribution in [1.29, 1.82) is 5.26 Å². The molecule has 0 unspecified atom stereocenters. The van der Waals surface area contributed by atoms with Crippen LogP contribution in [-0.4, -0.2) is 26.3 Å². The first-order valence-electron chi connectivity index (χ1n) is 5.93. The van der Waals surface area contributed by atoms with Crippen molar-refractivity contribution in [3.63, 3.8) is 0 Å². The molecule has 0 aliphatic rings. The van der Waals surface area contributed by atoms with Gasteiger partial charge in [0.05, 0.1) is 11.0 Å². The molecule has 19 heavy (non-hydrogen) atoms. The molecule has 1 rings (SSSR count). The van der Waals surface area contributed by atoms with Gasteiger partial charge in [0.25, 0.3) is 0 Å². The number of hydrogen-bond donors (Lipinski definition) is 1. The minimum Gasteiger partial charge on any atom is -0.398 e. The fourth-order valence-electron chi connectivity index (χ4n) is 2.06. The molecular weight excluding hydrogens is 262 g/mol.